The van der Waals surface area contributed by atoms with Gasteiger partial charge in [-0.2, -0.15) is 0 Å². The van der Waals surface area contributed by atoms with Crippen molar-refractivity contribution in [2.75, 3.05) is 52.4 Å². The van der Waals surface area contributed by atoms with Gasteiger partial charge >= 0.3 is 6.03 Å². The Morgan fingerprint density at radius 2 is 1.75 bits per heavy atom. The second-order valence-corrected chi connectivity index (χ2v) is 9.52. The van der Waals surface area contributed by atoms with Crippen molar-refractivity contribution in [3.05, 3.63) is 70.0 Å². The minimum atomic E-state index is -0.198. The predicted octanol–water partition coefficient (Wildman–Crippen LogP) is 4.09. The molecule has 0 spiro atoms. The second-order valence-electron chi connectivity index (χ2n) is 9.08. The van der Waals surface area contributed by atoms with Crippen LogP contribution in [0.1, 0.15) is 41.5 Å². The SMILES string of the molecule is O=C1NCCN1CCCN1CCN([C@H]2C[C@H](c3ccc(F)cc3)c3cc(Cl)ccc32)CC1. The zero-order valence-corrected chi connectivity index (χ0v) is 19.0. The van der Waals surface area contributed by atoms with Crippen molar-refractivity contribution in [1.29, 1.82) is 0 Å². The monoisotopic (exact) mass is 456 g/mol. The highest BCUT2D eigenvalue weighted by atomic mass is 35.5. The Morgan fingerprint density at radius 3 is 2.47 bits per heavy atom. The van der Waals surface area contributed by atoms with Gasteiger partial charge in [0.05, 0.1) is 0 Å². The molecule has 5 rings (SSSR count). The minimum absolute atomic E-state index is 0.0746. The average Bonchev–Trinajstić information content (AvgIpc) is 3.38. The summed E-state index contributed by atoms with van der Waals surface area (Å²) in [6.45, 7) is 7.63. The van der Waals surface area contributed by atoms with Crippen molar-refractivity contribution in [2.45, 2.75) is 24.8 Å². The number of hydrogen-bond donors (Lipinski definition) is 1. The zero-order valence-electron chi connectivity index (χ0n) is 18.3. The number of halogens is 2. The van der Waals surface area contributed by atoms with Gasteiger partial charge in [0, 0.05) is 62.8 Å². The molecule has 2 heterocycles. The van der Waals surface area contributed by atoms with Crippen molar-refractivity contribution in [2.24, 2.45) is 0 Å². The quantitative estimate of drug-likeness (QED) is 0.711. The van der Waals surface area contributed by atoms with Crippen LogP contribution in [0.5, 0.6) is 0 Å². The number of nitrogens with one attached hydrogen (secondary N) is 1. The van der Waals surface area contributed by atoms with Crippen LogP contribution in [0.15, 0.2) is 42.5 Å². The number of benzene rings is 2. The molecular formula is C25H30ClFN4O. The van der Waals surface area contributed by atoms with Gasteiger partial charge in [-0.3, -0.25) is 4.90 Å². The molecule has 32 heavy (non-hydrogen) atoms. The van der Waals surface area contributed by atoms with Gasteiger partial charge in [-0.15, -0.1) is 0 Å². The number of amides is 2. The Bertz CT molecular complexity index is 961. The lowest BCUT2D eigenvalue weighted by Gasteiger charge is -2.38. The predicted molar refractivity (Wildman–Crippen MR) is 125 cm³/mol. The number of rotatable bonds is 6. The summed E-state index contributed by atoms with van der Waals surface area (Å²) in [5.41, 5.74) is 3.79. The van der Waals surface area contributed by atoms with E-state index in [4.69, 9.17) is 11.6 Å². The first-order valence-corrected chi connectivity index (χ1v) is 12.0. The first-order chi connectivity index (χ1) is 15.6. The molecule has 0 bridgehead atoms. The van der Waals surface area contributed by atoms with Gasteiger partial charge in [0.2, 0.25) is 0 Å². The third-order valence-corrected chi connectivity index (χ3v) is 7.44. The lowest BCUT2D eigenvalue weighted by atomic mass is 9.93. The van der Waals surface area contributed by atoms with Crippen molar-refractivity contribution in [1.82, 2.24) is 20.0 Å². The lowest BCUT2D eigenvalue weighted by Crippen LogP contribution is -2.47. The molecule has 0 saturated carbocycles. The molecule has 2 aromatic rings. The summed E-state index contributed by atoms with van der Waals surface area (Å²) in [7, 11) is 0. The molecule has 0 aromatic heterocycles. The molecule has 3 aliphatic rings. The molecule has 2 aliphatic heterocycles. The Labute approximate surface area is 194 Å². The van der Waals surface area contributed by atoms with Crippen molar-refractivity contribution in [3.63, 3.8) is 0 Å². The van der Waals surface area contributed by atoms with E-state index in [1.165, 1.54) is 11.1 Å². The standard InChI is InChI=1S/C25H30ClFN4O/c26-19-4-7-21-23(16-19)22(18-2-5-20(27)6-3-18)17-24(21)30-14-12-29(13-15-30)9-1-10-31-11-8-28-25(31)32/h2-7,16,22,24H,1,8-15,17H2,(H,28,32)/t22-,24+/m1/s1. The number of nitrogens with zero attached hydrogens (tertiary/aromatic N) is 3. The average molecular weight is 457 g/mol. The topological polar surface area (TPSA) is 38.8 Å². The van der Waals surface area contributed by atoms with E-state index in [0.717, 1.165) is 75.8 Å². The maximum atomic E-state index is 13.5. The molecular weight excluding hydrogens is 427 g/mol. The number of fused-ring (bicyclic) bond motifs is 1. The summed E-state index contributed by atoms with van der Waals surface area (Å²) in [5.74, 6) is 0.0510. The highest BCUT2D eigenvalue weighted by Gasteiger charge is 2.36. The molecule has 0 unspecified atom stereocenters. The van der Waals surface area contributed by atoms with E-state index in [1.54, 1.807) is 12.1 Å². The van der Waals surface area contributed by atoms with Crippen molar-refractivity contribution < 1.29 is 9.18 Å². The van der Waals surface area contributed by atoms with Crippen LogP contribution in [0.3, 0.4) is 0 Å². The molecule has 2 amide bonds. The number of hydrogen-bond acceptors (Lipinski definition) is 3. The Kier molecular flexibility index (Phi) is 6.35. The fraction of sp³-hybridized carbons (Fsp3) is 0.480. The molecule has 2 saturated heterocycles. The normalized spacial score (nSPS) is 24.1. The van der Waals surface area contributed by atoms with E-state index >= 15 is 0 Å². The first-order valence-electron chi connectivity index (χ1n) is 11.6. The van der Waals surface area contributed by atoms with Crippen molar-refractivity contribution >= 4 is 17.6 Å². The molecule has 7 heteroatoms. The summed E-state index contributed by atoms with van der Waals surface area (Å²) in [5, 5.41) is 3.62. The third kappa shape index (κ3) is 4.49. The van der Waals surface area contributed by atoms with E-state index in [-0.39, 0.29) is 17.8 Å². The first kappa shape index (κ1) is 21.7. The van der Waals surface area contributed by atoms with Crippen LogP contribution in [0.4, 0.5) is 9.18 Å². The van der Waals surface area contributed by atoms with Crippen LogP contribution in [0, 0.1) is 5.82 Å². The van der Waals surface area contributed by atoms with E-state index in [9.17, 15) is 9.18 Å². The minimum Gasteiger partial charge on any atom is -0.336 e. The molecule has 1 aliphatic carbocycles. The Balaban J connectivity index is 1.21. The van der Waals surface area contributed by atoms with Gasteiger partial charge in [-0.1, -0.05) is 29.8 Å². The van der Waals surface area contributed by atoms with Gasteiger partial charge < -0.3 is 15.1 Å². The Morgan fingerprint density at radius 1 is 0.969 bits per heavy atom. The summed E-state index contributed by atoms with van der Waals surface area (Å²) in [4.78, 5) is 18.7. The lowest BCUT2D eigenvalue weighted by molar-refractivity contribution is 0.0927. The number of urea groups is 1. The van der Waals surface area contributed by atoms with Crippen LogP contribution in [-0.4, -0.2) is 73.1 Å². The number of carbonyl (C=O) groups excluding carboxylic acids is 1. The van der Waals surface area contributed by atoms with Gasteiger partial charge in [0.25, 0.3) is 0 Å². The van der Waals surface area contributed by atoms with Gasteiger partial charge in [0.1, 0.15) is 5.82 Å². The molecule has 0 radical (unpaired) electrons. The summed E-state index contributed by atoms with van der Waals surface area (Å²) >= 11 is 6.35. The molecule has 2 aromatic carbocycles. The fourth-order valence-corrected chi connectivity index (χ4v) is 5.67. The van der Waals surface area contributed by atoms with Crippen LogP contribution < -0.4 is 5.32 Å². The second kappa shape index (κ2) is 9.38. The van der Waals surface area contributed by atoms with E-state index in [0.29, 0.717) is 6.04 Å². The Hall–Kier alpha value is -2.15. The maximum Gasteiger partial charge on any atom is 0.317 e. The van der Waals surface area contributed by atoms with Gasteiger partial charge in [-0.25, -0.2) is 9.18 Å². The smallest absolute Gasteiger partial charge is 0.317 e. The zero-order chi connectivity index (χ0) is 22.1. The van der Waals surface area contributed by atoms with Crippen LogP contribution in [-0.2, 0) is 0 Å². The fourth-order valence-electron chi connectivity index (χ4n) is 5.49. The third-order valence-electron chi connectivity index (χ3n) is 7.21. The molecule has 170 valence electrons. The molecule has 1 N–H and O–H groups in total. The molecule has 2 atom stereocenters. The number of carbonyl (C=O) groups is 1. The van der Waals surface area contributed by atoms with Crippen molar-refractivity contribution in [3.8, 4) is 0 Å². The summed E-state index contributed by atoms with van der Waals surface area (Å²) < 4.78 is 13.5. The van der Waals surface area contributed by atoms with E-state index < -0.39 is 0 Å². The van der Waals surface area contributed by atoms with E-state index in [1.807, 2.05) is 23.1 Å². The van der Waals surface area contributed by atoms with Crippen LogP contribution >= 0.6 is 11.6 Å². The maximum absolute atomic E-state index is 13.5. The summed E-state index contributed by atoms with van der Waals surface area (Å²) in [6, 6.07) is 13.6. The molecule has 2 fully saturated rings. The summed E-state index contributed by atoms with van der Waals surface area (Å²) in [6.07, 6.45) is 2.02. The van der Waals surface area contributed by atoms with Crippen LogP contribution in [0.2, 0.25) is 5.02 Å². The van der Waals surface area contributed by atoms with Crippen LogP contribution in [0.25, 0.3) is 0 Å². The van der Waals surface area contributed by atoms with Gasteiger partial charge in [0.15, 0.2) is 0 Å². The van der Waals surface area contributed by atoms with Gasteiger partial charge in [-0.05, 0) is 60.3 Å². The highest BCUT2D eigenvalue weighted by Crippen LogP contribution is 2.47. The molecule has 5 nitrogen and oxygen atoms in total. The largest absolute Gasteiger partial charge is 0.336 e. The number of piperazine rings is 1. The van der Waals surface area contributed by atoms with E-state index in [2.05, 4.69) is 27.2 Å². The highest BCUT2D eigenvalue weighted by molar-refractivity contribution is 6.30.